The van der Waals surface area contributed by atoms with Crippen molar-refractivity contribution in [1.82, 2.24) is 25.3 Å². The van der Waals surface area contributed by atoms with Gasteiger partial charge in [-0.2, -0.15) is 23.4 Å². The predicted molar refractivity (Wildman–Crippen MR) is 106 cm³/mol. The number of aromatic nitrogens is 4. The lowest BCUT2D eigenvalue weighted by Crippen LogP contribution is -2.28. The average molecular weight is 433 g/mol. The number of aryl methyl sites for hydroxylation is 1. The average Bonchev–Trinajstić information content (AvgIpc) is 3.47. The second kappa shape index (κ2) is 8.44. The fourth-order valence-corrected chi connectivity index (χ4v) is 3.68. The molecule has 7 nitrogen and oxygen atoms in total. The van der Waals surface area contributed by atoms with E-state index in [1.807, 2.05) is 13.0 Å². The second-order valence-corrected chi connectivity index (χ2v) is 7.59. The summed E-state index contributed by atoms with van der Waals surface area (Å²) >= 11 is 0. The van der Waals surface area contributed by atoms with Crippen LogP contribution in [-0.2, 0) is 12.6 Å². The number of ether oxygens (including phenoxy) is 1. The topological polar surface area (TPSA) is 86.9 Å². The Hall–Kier alpha value is -3.30. The minimum atomic E-state index is -4.40. The van der Waals surface area contributed by atoms with Gasteiger partial charge in [-0.25, -0.2) is 0 Å². The minimum absolute atomic E-state index is 0.0426. The minimum Gasteiger partial charge on any atom is -0.493 e. The van der Waals surface area contributed by atoms with Crippen LogP contribution < -0.4 is 4.74 Å². The van der Waals surface area contributed by atoms with Crippen molar-refractivity contribution in [3.05, 3.63) is 64.7 Å². The lowest BCUT2D eigenvalue weighted by molar-refractivity contribution is -0.137. The maximum Gasteiger partial charge on any atom is 0.416 e. The van der Waals surface area contributed by atoms with E-state index in [1.54, 1.807) is 11.1 Å². The third-order valence-electron chi connectivity index (χ3n) is 5.41. The summed E-state index contributed by atoms with van der Waals surface area (Å²) in [7, 11) is 0. The van der Waals surface area contributed by atoms with E-state index in [0.29, 0.717) is 25.1 Å². The molecule has 2 aromatic heterocycles. The van der Waals surface area contributed by atoms with Crippen molar-refractivity contribution < 1.29 is 22.7 Å². The Morgan fingerprint density at radius 1 is 1.29 bits per heavy atom. The van der Waals surface area contributed by atoms with Gasteiger partial charge in [0.2, 0.25) is 0 Å². The molecule has 164 valence electrons. The molecule has 0 saturated carbocycles. The molecule has 1 amide bonds. The van der Waals surface area contributed by atoms with Crippen molar-refractivity contribution in [2.45, 2.75) is 31.9 Å². The lowest BCUT2D eigenvalue weighted by Gasteiger charge is -2.15. The molecule has 0 aliphatic carbocycles. The number of benzene rings is 1. The highest BCUT2D eigenvalue weighted by atomic mass is 19.4. The van der Waals surface area contributed by atoms with E-state index in [2.05, 4.69) is 20.4 Å². The van der Waals surface area contributed by atoms with Crippen LogP contribution in [0.4, 0.5) is 13.2 Å². The van der Waals surface area contributed by atoms with Gasteiger partial charge in [-0.05, 0) is 37.6 Å². The maximum atomic E-state index is 12.8. The van der Waals surface area contributed by atoms with Gasteiger partial charge in [0.25, 0.3) is 5.91 Å². The van der Waals surface area contributed by atoms with Crippen molar-refractivity contribution in [2.75, 3.05) is 19.7 Å². The fourth-order valence-electron chi connectivity index (χ4n) is 3.68. The molecule has 0 radical (unpaired) electrons. The summed E-state index contributed by atoms with van der Waals surface area (Å²) in [5, 5.41) is 14.0. The van der Waals surface area contributed by atoms with E-state index < -0.39 is 11.7 Å². The molecule has 1 aromatic carbocycles. The third-order valence-corrected chi connectivity index (χ3v) is 5.41. The van der Waals surface area contributed by atoms with Gasteiger partial charge >= 0.3 is 6.18 Å². The van der Waals surface area contributed by atoms with E-state index in [9.17, 15) is 18.0 Å². The number of alkyl halides is 3. The van der Waals surface area contributed by atoms with E-state index in [1.165, 1.54) is 12.1 Å². The molecule has 1 atom stereocenters. The molecule has 0 spiro atoms. The van der Waals surface area contributed by atoms with E-state index in [0.717, 1.165) is 35.6 Å². The molecule has 0 bridgehead atoms. The first kappa shape index (κ1) is 21.0. The van der Waals surface area contributed by atoms with Gasteiger partial charge in [-0.15, -0.1) is 0 Å². The van der Waals surface area contributed by atoms with Crippen molar-refractivity contribution in [2.24, 2.45) is 0 Å². The fraction of sp³-hybridized carbons (Fsp3) is 0.381. The highest BCUT2D eigenvalue weighted by Gasteiger charge is 2.31. The molecule has 3 heterocycles. The standard InChI is InChI=1S/C21H22F3N5O2/c1-13-18(11-25-26-13)20(30)29-7-5-14(12-29)19-10-16(27-28-19)6-8-31-17-4-2-3-15(9-17)21(22,23)24/h2-4,9-11,14H,5-8,12H2,1H3,(H,25,26)(H,27,28)/t14-/m0/s1. The van der Waals surface area contributed by atoms with Gasteiger partial charge in [0.1, 0.15) is 5.75 Å². The molecular weight excluding hydrogens is 411 g/mol. The normalized spacial score (nSPS) is 16.6. The van der Waals surface area contributed by atoms with Crippen molar-refractivity contribution in [3.8, 4) is 5.75 Å². The molecule has 1 saturated heterocycles. The van der Waals surface area contributed by atoms with Gasteiger partial charge in [-0.3, -0.25) is 15.0 Å². The van der Waals surface area contributed by atoms with Crippen molar-refractivity contribution >= 4 is 5.91 Å². The summed E-state index contributed by atoms with van der Waals surface area (Å²) in [6.07, 6.45) is -1.56. The van der Waals surface area contributed by atoms with Crippen molar-refractivity contribution in [1.29, 1.82) is 0 Å². The van der Waals surface area contributed by atoms with Crippen LogP contribution in [0, 0.1) is 6.92 Å². The first-order chi connectivity index (χ1) is 14.8. The van der Waals surface area contributed by atoms with Crippen LogP contribution in [0.25, 0.3) is 0 Å². The molecule has 31 heavy (non-hydrogen) atoms. The Kier molecular flexibility index (Phi) is 5.71. The first-order valence-corrected chi connectivity index (χ1v) is 9.95. The van der Waals surface area contributed by atoms with Gasteiger partial charge in [-0.1, -0.05) is 6.07 Å². The first-order valence-electron chi connectivity index (χ1n) is 9.95. The van der Waals surface area contributed by atoms with Gasteiger partial charge in [0.05, 0.1) is 29.6 Å². The van der Waals surface area contributed by atoms with E-state index in [-0.39, 0.29) is 24.2 Å². The molecule has 1 fully saturated rings. The van der Waals surface area contributed by atoms with Gasteiger partial charge in [0.15, 0.2) is 0 Å². The van der Waals surface area contributed by atoms with Crippen LogP contribution in [0.3, 0.4) is 0 Å². The van der Waals surface area contributed by atoms with Crippen LogP contribution in [0.5, 0.6) is 5.75 Å². The summed E-state index contributed by atoms with van der Waals surface area (Å²) in [5.74, 6) is 0.263. The van der Waals surface area contributed by atoms with Crippen LogP contribution in [0.1, 0.15) is 45.3 Å². The highest BCUT2D eigenvalue weighted by molar-refractivity contribution is 5.95. The number of hydrogen-bond donors (Lipinski definition) is 2. The number of carbonyl (C=O) groups excluding carboxylic acids is 1. The smallest absolute Gasteiger partial charge is 0.416 e. The summed E-state index contributed by atoms with van der Waals surface area (Å²) in [6.45, 7) is 3.26. The number of carbonyl (C=O) groups is 1. The Labute approximate surface area is 176 Å². The SMILES string of the molecule is Cc1[nH]ncc1C(=O)N1CC[C@H](c2cc(CCOc3cccc(C(F)(F)F)c3)[nH]n2)C1. The number of rotatable bonds is 6. The number of H-pyrrole nitrogens is 2. The molecule has 4 rings (SSSR count). The number of hydrogen-bond acceptors (Lipinski definition) is 4. The predicted octanol–water partition coefficient (Wildman–Crippen LogP) is 3.71. The summed E-state index contributed by atoms with van der Waals surface area (Å²) < 4.78 is 43.8. The Bertz CT molecular complexity index is 1060. The van der Waals surface area contributed by atoms with Gasteiger partial charge < -0.3 is 9.64 Å². The highest BCUT2D eigenvalue weighted by Crippen LogP contribution is 2.31. The Morgan fingerprint density at radius 2 is 2.13 bits per heavy atom. The van der Waals surface area contributed by atoms with Crippen LogP contribution in [0.15, 0.2) is 36.5 Å². The zero-order chi connectivity index (χ0) is 22.0. The number of likely N-dealkylation sites (tertiary alicyclic amines) is 1. The van der Waals surface area contributed by atoms with Crippen LogP contribution >= 0.6 is 0 Å². The molecule has 0 unspecified atom stereocenters. The molecule has 10 heteroatoms. The summed E-state index contributed by atoms with van der Waals surface area (Å²) in [6, 6.07) is 6.75. The maximum absolute atomic E-state index is 12.8. The molecule has 2 N–H and O–H groups in total. The van der Waals surface area contributed by atoms with Crippen LogP contribution in [0.2, 0.25) is 0 Å². The van der Waals surface area contributed by atoms with Gasteiger partial charge in [0, 0.05) is 36.8 Å². The Morgan fingerprint density at radius 3 is 2.87 bits per heavy atom. The van der Waals surface area contributed by atoms with Crippen molar-refractivity contribution in [3.63, 3.8) is 0 Å². The summed E-state index contributed by atoms with van der Waals surface area (Å²) in [5.41, 5.74) is 2.29. The van der Waals surface area contributed by atoms with Crippen LogP contribution in [-0.4, -0.2) is 50.9 Å². The quantitative estimate of drug-likeness (QED) is 0.621. The number of nitrogens with zero attached hydrogens (tertiary/aromatic N) is 3. The zero-order valence-electron chi connectivity index (χ0n) is 16.9. The number of nitrogens with one attached hydrogen (secondary N) is 2. The van der Waals surface area contributed by atoms with E-state index >= 15 is 0 Å². The third kappa shape index (κ3) is 4.73. The Balaban J connectivity index is 1.30. The van der Waals surface area contributed by atoms with E-state index in [4.69, 9.17) is 4.74 Å². The molecule has 1 aliphatic rings. The zero-order valence-corrected chi connectivity index (χ0v) is 16.9. The number of amides is 1. The largest absolute Gasteiger partial charge is 0.493 e. The lowest BCUT2D eigenvalue weighted by atomic mass is 10.0. The number of aromatic amines is 2. The molecule has 3 aromatic rings. The molecule has 1 aliphatic heterocycles. The molecular formula is C21H22F3N5O2. The second-order valence-electron chi connectivity index (χ2n) is 7.59. The summed E-state index contributed by atoms with van der Waals surface area (Å²) in [4.78, 5) is 14.4. The number of halogens is 3. The monoisotopic (exact) mass is 433 g/mol.